The molecule has 148 valence electrons. The molecule has 0 radical (unpaired) electrons. The average Bonchev–Trinajstić information content (AvgIpc) is 2.62. The molecule has 8 heteroatoms. The lowest BCUT2D eigenvalue weighted by atomic mass is 10.1. The SMILES string of the molecule is CCNC(=NCC(=O)N(C)C)NCCOc1ccc2cc(Br)ccc2c1.I. The standard InChI is InChI=1S/C19H25BrN4O2.HI/c1-4-21-19(23-13-18(25)24(2)3)22-9-10-26-17-8-6-14-11-16(20)7-5-15(14)12-17;/h5-8,11-12H,4,9-10,13H2,1-3H3,(H2,21,22,23);1H. The van der Waals surface area contributed by atoms with E-state index in [0.29, 0.717) is 19.1 Å². The zero-order valence-corrected chi connectivity index (χ0v) is 19.7. The lowest BCUT2D eigenvalue weighted by Crippen LogP contribution is -2.40. The zero-order valence-electron chi connectivity index (χ0n) is 15.8. The van der Waals surface area contributed by atoms with Crippen LogP contribution in [0.3, 0.4) is 0 Å². The Morgan fingerprint density at radius 1 is 1.15 bits per heavy atom. The van der Waals surface area contributed by atoms with Gasteiger partial charge in [0.2, 0.25) is 5.91 Å². The number of amides is 1. The predicted molar refractivity (Wildman–Crippen MR) is 125 cm³/mol. The summed E-state index contributed by atoms with van der Waals surface area (Å²) in [6, 6.07) is 12.2. The minimum absolute atomic E-state index is 0. The highest BCUT2D eigenvalue weighted by Gasteiger charge is 2.04. The van der Waals surface area contributed by atoms with Crippen LogP contribution < -0.4 is 15.4 Å². The Morgan fingerprint density at radius 2 is 1.85 bits per heavy atom. The van der Waals surface area contributed by atoms with Crippen molar-refractivity contribution in [2.75, 3.05) is 40.3 Å². The topological polar surface area (TPSA) is 66.0 Å². The summed E-state index contributed by atoms with van der Waals surface area (Å²) in [6.45, 7) is 3.90. The van der Waals surface area contributed by atoms with E-state index in [1.807, 2.05) is 31.2 Å². The first-order chi connectivity index (χ1) is 12.5. The van der Waals surface area contributed by atoms with Crippen LogP contribution in [0.5, 0.6) is 5.75 Å². The number of hydrogen-bond acceptors (Lipinski definition) is 3. The number of ether oxygens (including phenoxy) is 1. The molecule has 0 saturated heterocycles. The van der Waals surface area contributed by atoms with Gasteiger partial charge >= 0.3 is 0 Å². The predicted octanol–water partition coefficient (Wildman–Crippen LogP) is 3.24. The van der Waals surface area contributed by atoms with E-state index in [-0.39, 0.29) is 36.4 Å². The molecule has 27 heavy (non-hydrogen) atoms. The Bertz CT molecular complexity index is 783. The van der Waals surface area contributed by atoms with Crippen LogP contribution in [0.4, 0.5) is 0 Å². The lowest BCUT2D eigenvalue weighted by Gasteiger charge is -2.13. The van der Waals surface area contributed by atoms with Crippen molar-refractivity contribution in [3.05, 3.63) is 40.9 Å². The van der Waals surface area contributed by atoms with Crippen molar-refractivity contribution in [2.24, 2.45) is 4.99 Å². The Balaban J connectivity index is 0.00000364. The molecule has 0 aliphatic heterocycles. The van der Waals surface area contributed by atoms with Gasteiger partial charge in [0.1, 0.15) is 18.9 Å². The van der Waals surface area contributed by atoms with Gasteiger partial charge in [0.05, 0.1) is 6.54 Å². The number of likely N-dealkylation sites (N-methyl/N-ethyl adjacent to an activating group) is 1. The first kappa shape index (κ1) is 23.5. The summed E-state index contributed by atoms with van der Waals surface area (Å²) in [5, 5.41) is 8.58. The third-order valence-corrected chi connectivity index (χ3v) is 4.15. The number of carbonyl (C=O) groups excluding carboxylic acids is 1. The summed E-state index contributed by atoms with van der Waals surface area (Å²) in [5.41, 5.74) is 0. The van der Waals surface area contributed by atoms with E-state index in [4.69, 9.17) is 4.74 Å². The fraction of sp³-hybridized carbons (Fsp3) is 0.368. The van der Waals surface area contributed by atoms with Gasteiger partial charge in [-0.1, -0.05) is 28.1 Å². The normalized spacial score (nSPS) is 10.9. The van der Waals surface area contributed by atoms with E-state index < -0.39 is 0 Å². The van der Waals surface area contributed by atoms with Gasteiger partial charge in [-0.05, 0) is 42.0 Å². The second kappa shape index (κ2) is 12.0. The molecular formula is C19H26BrIN4O2. The molecule has 0 aromatic heterocycles. The first-order valence-electron chi connectivity index (χ1n) is 8.54. The third-order valence-electron chi connectivity index (χ3n) is 3.65. The quantitative estimate of drug-likeness (QED) is 0.241. The highest BCUT2D eigenvalue weighted by atomic mass is 127. The van der Waals surface area contributed by atoms with Gasteiger partial charge in [-0.15, -0.1) is 24.0 Å². The number of nitrogens with zero attached hydrogens (tertiary/aromatic N) is 2. The molecule has 0 unspecified atom stereocenters. The molecule has 0 saturated carbocycles. The Kier molecular flexibility index (Phi) is 10.5. The smallest absolute Gasteiger partial charge is 0.243 e. The van der Waals surface area contributed by atoms with Gasteiger partial charge in [0, 0.05) is 25.1 Å². The average molecular weight is 549 g/mol. The van der Waals surface area contributed by atoms with Gasteiger partial charge in [-0.25, -0.2) is 4.99 Å². The molecule has 1 amide bonds. The van der Waals surface area contributed by atoms with Gasteiger partial charge in [0.25, 0.3) is 0 Å². The van der Waals surface area contributed by atoms with E-state index in [2.05, 4.69) is 43.7 Å². The van der Waals surface area contributed by atoms with Gasteiger partial charge in [-0.2, -0.15) is 0 Å². The summed E-state index contributed by atoms with van der Waals surface area (Å²) < 4.78 is 6.87. The molecule has 2 aromatic rings. The zero-order chi connectivity index (χ0) is 18.9. The van der Waals surface area contributed by atoms with Crippen LogP contribution in [-0.2, 0) is 4.79 Å². The molecule has 0 spiro atoms. The Labute approximate surface area is 185 Å². The summed E-state index contributed by atoms with van der Waals surface area (Å²) in [5.74, 6) is 1.39. The van der Waals surface area contributed by atoms with E-state index >= 15 is 0 Å². The minimum atomic E-state index is -0.0405. The summed E-state index contributed by atoms with van der Waals surface area (Å²) in [6.07, 6.45) is 0. The van der Waals surface area contributed by atoms with Crippen LogP contribution in [0, 0.1) is 0 Å². The molecule has 2 N–H and O–H groups in total. The van der Waals surface area contributed by atoms with Crippen LogP contribution in [0.1, 0.15) is 6.92 Å². The minimum Gasteiger partial charge on any atom is -0.492 e. The highest BCUT2D eigenvalue weighted by Crippen LogP contribution is 2.23. The number of fused-ring (bicyclic) bond motifs is 1. The van der Waals surface area contributed by atoms with Crippen molar-refractivity contribution in [2.45, 2.75) is 6.92 Å². The Morgan fingerprint density at radius 3 is 2.56 bits per heavy atom. The molecule has 2 rings (SSSR count). The number of guanidine groups is 1. The van der Waals surface area contributed by atoms with Crippen molar-refractivity contribution in [1.29, 1.82) is 0 Å². The molecule has 0 bridgehead atoms. The third kappa shape index (κ3) is 7.92. The van der Waals surface area contributed by atoms with E-state index in [1.165, 1.54) is 4.90 Å². The second-order valence-electron chi connectivity index (χ2n) is 5.91. The summed E-state index contributed by atoms with van der Waals surface area (Å²) in [4.78, 5) is 17.4. The maximum absolute atomic E-state index is 11.6. The van der Waals surface area contributed by atoms with Crippen LogP contribution >= 0.6 is 39.9 Å². The molecule has 0 aliphatic carbocycles. The van der Waals surface area contributed by atoms with Crippen LogP contribution in [0.15, 0.2) is 45.9 Å². The van der Waals surface area contributed by atoms with E-state index in [9.17, 15) is 4.79 Å². The first-order valence-corrected chi connectivity index (χ1v) is 9.33. The van der Waals surface area contributed by atoms with E-state index in [1.54, 1.807) is 14.1 Å². The number of rotatable bonds is 7. The number of aliphatic imine (C=N–C) groups is 1. The Hall–Kier alpha value is -1.55. The molecule has 2 aromatic carbocycles. The number of carbonyl (C=O) groups is 1. The van der Waals surface area contributed by atoms with Gasteiger partial charge in [-0.3, -0.25) is 4.79 Å². The van der Waals surface area contributed by atoms with Crippen molar-refractivity contribution < 1.29 is 9.53 Å². The van der Waals surface area contributed by atoms with Crippen molar-refractivity contribution >= 4 is 62.5 Å². The van der Waals surface area contributed by atoms with Gasteiger partial charge in [0.15, 0.2) is 5.96 Å². The molecule has 0 fully saturated rings. The van der Waals surface area contributed by atoms with Crippen LogP contribution in [0.2, 0.25) is 0 Å². The second-order valence-corrected chi connectivity index (χ2v) is 6.83. The summed E-state index contributed by atoms with van der Waals surface area (Å²) in [7, 11) is 3.43. The maximum atomic E-state index is 11.6. The molecule has 0 aliphatic rings. The number of benzene rings is 2. The van der Waals surface area contributed by atoms with Crippen molar-refractivity contribution in [3.63, 3.8) is 0 Å². The number of nitrogens with one attached hydrogen (secondary N) is 2. The van der Waals surface area contributed by atoms with Gasteiger partial charge < -0.3 is 20.3 Å². The molecule has 0 atom stereocenters. The fourth-order valence-electron chi connectivity index (χ4n) is 2.25. The fourth-order valence-corrected chi connectivity index (χ4v) is 2.63. The number of hydrogen-bond donors (Lipinski definition) is 2. The molecule has 6 nitrogen and oxygen atoms in total. The van der Waals surface area contributed by atoms with E-state index in [0.717, 1.165) is 27.5 Å². The maximum Gasteiger partial charge on any atom is 0.243 e. The van der Waals surface area contributed by atoms with Crippen LogP contribution in [0.25, 0.3) is 10.8 Å². The number of halogens is 2. The molecular weight excluding hydrogens is 523 g/mol. The molecule has 0 heterocycles. The largest absolute Gasteiger partial charge is 0.492 e. The monoisotopic (exact) mass is 548 g/mol. The van der Waals surface area contributed by atoms with Crippen LogP contribution in [-0.4, -0.2) is 57.1 Å². The van der Waals surface area contributed by atoms with Crippen molar-refractivity contribution in [1.82, 2.24) is 15.5 Å². The lowest BCUT2D eigenvalue weighted by molar-refractivity contribution is -0.127. The van der Waals surface area contributed by atoms with Crippen molar-refractivity contribution in [3.8, 4) is 5.75 Å². The summed E-state index contributed by atoms with van der Waals surface area (Å²) >= 11 is 3.48. The highest BCUT2D eigenvalue weighted by molar-refractivity contribution is 14.0.